The molecule has 0 aliphatic heterocycles. The van der Waals surface area contributed by atoms with E-state index >= 15 is 0 Å². The van der Waals surface area contributed by atoms with Gasteiger partial charge in [0.15, 0.2) is 5.41 Å². The average molecular weight is 254 g/mol. The number of amides is 1. The minimum Gasteiger partial charge on any atom is -0.480 e. The van der Waals surface area contributed by atoms with E-state index in [-0.39, 0.29) is 12.5 Å². The van der Waals surface area contributed by atoms with Crippen LogP contribution in [0.4, 0.5) is 0 Å². The van der Waals surface area contributed by atoms with Gasteiger partial charge in [-0.2, -0.15) is 5.10 Å². The second kappa shape index (κ2) is 5.16. The van der Waals surface area contributed by atoms with Crippen molar-refractivity contribution in [2.24, 2.45) is 5.41 Å². The van der Waals surface area contributed by atoms with E-state index in [9.17, 15) is 14.7 Å². The van der Waals surface area contributed by atoms with Crippen molar-refractivity contribution in [3.63, 3.8) is 0 Å². The molecule has 0 aliphatic carbocycles. The molecule has 7 nitrogen and oxygen atoms in total. The zero-order valence-corrected chi connectivity index (χ0v) is 11.0. The fraction of sp³-hybridized carbons (Fsp3) is 0.636. The highest BCUT2D eigenvalue weighted by Crippen LogP contribution is 2.23. The summed E-state index contributed by atoms with van der Waals surface area (Å²) in [6.45, 7) is 5.21. The monoisotopic (exact) mass is 254 g/mol. The topological polar surface area (TPSA) is 97.1 Å². The summed E-state index contributed by atoms with van der Waals surface area (Å²) in [6.07, 6.45) is 1.36. The lowest BCUT2D eigenvalue weighted by Gasteiger charge is -2.22. The number of carbonyl (C=O) groups excluding carboxylic acids is 1. The van der Waals surface area contributed by atoms with Gasteiger partial charge in [-0.1, -0.05) is 0 Å². The Bertz CT molecular complexity index is 455. The van der Waals surface area contributed by atoms with Gasteiger partial charge in [0.05, 0.1) is 0 Å². The molecule has 0 saturated heterocycles. The van der Waals surface area contributed by atoms with E-state index in [1.54, 1.807) is 4.68 Å². The summed E-state index contributed by atoms with van der Waals surface area (Å²) < 4.78 is 1.62. The Morgan fingerprint density at radius 1 is 1.56 bits per heavy atom. The Kier molecular flexibility index (Phi) is 4.05. The Labute approximate surface area is 105 Å². The molecule has 1 unspecified atom stereocenters. The molecule has 7 heteroatoms. The van der Waals surface area contributed by atoms with Gasteiger partial charge in [-0.05, 0) is 20.8 Å². The highest BCUT2D eigenvalue weighted by atomic mass is 16.4. The molecular weight excluding hydrogens is 236 g/mol. The van der Waals surface area contributed by atoms with Crippen LogP contribution >= 0.6 is 0 Å². The Hall–Kier alpha value is -1.92. The van der Waals surface area contributed by atoms with E-state index in [0.29, 0.717) is 5.82 Å². The number of carboxylic acid groups (broad SMARTS) is 1. The van der Waals surface area contributed by atoms with Crippen molar-refractivity contribution < 1.29 is 14.7 Å². The fourth-order valence-corrected chi connectivity index (χ4v) is 1.68. The van der Waals surface area contributed by atoms with Crippen molar-refractivity contribution in [1.29, 1.82) is 0 Å². The minimum absolute atomic E-state index is 0.000185. The third-order valence-corrected chi connectivity index (χ3v) is 2.85. The van der Waals surface area contributed by atoms with Gasteiger partial charge in [0.1, 0.15) is 12.2 Å². The standard InChI is InChI=1S/C11H18N4O3/c1-7(2)15-8(13-6-14-15)5-11(3,10(17)18)9(16)12-4/h6-7H,5H2,1-4H3,(H,12,16)(H,17,18). The lowest BCUT2D eigenvalue weighted by atomic mass is 9.85. The summed E-state index contributed by atoms with van der Waals surface area (Å²) in [4.78, 5) is 27.1. The molecule has 1 heterocycles. The number of aromatic nitrogens is 3. The first kappa shape index (κ1) is 14.1. The summed E-state index contributed by atoms with van der Waals surface area (Å²) in [7, 11) is 1.41. The van der Waals surface area contributed by atoms with Crippen LogP contribution in [-0.4, -0.2) is 38.8 Å². The van der Waals surface area contributed by atoms with Crippen molar-refractivity contribution >= 4 is 11.9 Å². The lowest BCUT2D eigenvalue weighted by molar-refractivity contribution is -0.154. The number of nitrogens with zero attached hydrogens (tertiary/aromatic N) is 3. The molecule has 1 atom stereocenters. The summed E-state index contributed by atoms with van der Waals surface area (Å²) in [5.41, 5.74) is -1.55. The number of hydrogen-bond donors (Lipinski definition) is 2. The number of rotatable bonds is 5. The van der Waals surface area contributed by atoms with E-state index in [0.717, 1.165) is 0 Å². The van der Waals surface area contributed by atoms with Gasteiger partial charge in [0.25, 0.3) is 0 Å². The first-order valence-electron chi connectivity index (χ1n) is 5.67. The zero-order chi connectivity index (χ0) is 13.9. The zero-order valence-electron chi connectivity index (χ0n) is 11.0. The van der Waals surface area contributed by atoms with Crippen molar-refractivity contribution in [3.05, 3.63) is 12.2 Å². The van der Waals surface area contributed by atoms with Gasteiger partial charge in [-0.3, -0.25) is 9.59 Å². The number of hydrogen-bond acceptors (Lipinski definition) is 4. The number of nitrogens with one attached hydrogen (secondary N) is 1. The molecule has 0 aliphatic rings. The summed E-state index contributed by atoms with van der Waals surface area (Å²) in [5.74, 6) is -1.24. The molecule has 2 N–H and O–H groups in total. The first-order chi connectivity index (χ1) is 8.32. The van der Waals surface area contributed by atoms with Crippen LogP contribution in [0.2, 0.25) is 0 Å². The van der Waals surface area contributed by atoms with Crippen LogP contribution in [0, 0.1) is 5.41 Å². The fourth-order valence-electron chi connectivity index (χ4n) is 1.68. The number of carboxylic acids is 1. The van der Waals surface area contributed by atoms with Gasteiger partial charge in [-0.25, -0.2) is 9.67 Å². The molecule has 1 aromatic heterocycles. The van der Waals surface area contributed by atoms with Crippen LogP contribution in [-0.2, 0) is 16.0 Å². The Morgan fingerprint density at radius 2 is 2.17 bits per heavy atom. The molecule has 0 bridgehead atoms. The van der Waals surface area contributed by atoms with Gasteiger partial charge >= 0.3 is 5.97 Å². The number of aliphatic carboxylic acids is 1. The van der Waals surface area contributed by atoms with Crippen LogP contribution in [0.15, 0.2) is 6.33 Å². The van der Waals surface area contributed by atoms with Crippen LogP contribution in [0.1, 0.15) is 32.6 Å². The van der Waals surface area contributed by atoms with Crippen molar-refractivity contribution in [3.8, 4) is 0 Å². The summed E-state index contributed by atoms with van der Waals surface area (Å²) >= 11 is 0. The summed E-state index contributed by atoms with van der Waals surface area (Å²) in [5, 5.41) is 15.6. The van der Waals surface area contributed by atoms with E-state index < -0.39 is 17.3 Å². The molecule has 0 radical (unpaired) electrons. The average Bonchev–Trinajstić information content (AvgIpc) is 2.75. The molecule has 100 valence electrons. The maximum Gasteiger partial charge on any atom is 0.319 e. The number of carbonyl (C=O) groups is 2. The molecule has 1 aromatic rings. The second-order valence-electron chi connectivity index (χ2n) is 4.61. The van der Waals surface area contributed by atoms with E-state index in [1.165, 1.54) is 20.3 Å². The minimum atomic E-state index is -1.55. The molecule has 0 fully saturated rings. The maximum atomic E-state index is 11.7. The van der Waals surface area contributed by atoms with Crippen molar-refractivity contribution in [2.75, 3.05) is 7.05 Å². The third kappa shape index (κ3) is 2.49. The van der Waals surface area contributed by atoms with E-state index in [1.807, 2.05) is 13.8 Å². The SMILES string of the molecule is CNC(=O)C(C)(Cc1ncnn1C(C)C)C(=O)O. The van der Waals surface area contributed by atoms with Gasteiger partial charge < -0.3 is 10.4 Å². The molecular formula is C11H18N4O3. The second-order valence-corrected chi connectivity index (χ2v) is 4.61. The quantitative estimate of drug-likeness (QED) is 0.733. The normalized spacial score (nSPS) is 14.3. The molecule has 0 spiro atoms. The Morgan fingerprint density at radius 3 is 2.61 bits per heavy atom. The maximum absolute atomic E-state index is 11.7. The highest BCUT2D eigenvalue weighted by Gasteiger charge is 2.42. The molecule has 18 heavy (non-hydrogen) atoms. The molecule has 0 aromatic carbocycles. The molecule has 1 amide bonds. The highest BCUT2D eigenvalue weighted by molar-refractivity contribution is 6.01. The largest absolute Gasteiger partial charge is 0.480 e. The van der Waals surface area contributed by atoms with Gasteiger partial charge in [0.2, 0.25) is 5.91 Å². The predicted molar refractivity (Wildman–Crippen MR) is 63.9 cm³/mol. The smallest absolute Gasteiger partial charge is 0.319 e. The van der Waals surface area contributed by atoms with E-state index in [2.05, 4.69) is 15.4 Å². The van der Waals surface area contributed by atoms with Crippen molar-refractivity contribution in [1.82, 2.24) is 20.1 Å². The van der Waals surface area contributed by atoms with Gasteiger partial charge in [-0.15, -0.1) is 0 Å². The summed E-state index contributed by atoms with van der Waals surface area (Å²) in [6, 6.07) is 0.0604. The van der Waals surface area contributed by atoms with E-state index in [4.69, 9.17) is 0 Å². The van der Waals surface area contributed by atoms with Crippen molar-refractivity contribution in [2.45, 2.75) is 33.2 Å². The molecule has 1 rings (SSSR count). The van der Waals surface area contributed by atoms with Crippen LogP contribution in [0.25, 0.3) is 0 Å². The van der Waals surface area contributed by atoms with Crippen LogP contribution < -0.4 is 5.32 Å². The third-order valence-electron chi connectivity index (χ3n) is 2.85. The Balaban J connectivity index is 3.08. The van der Waals surface area contributed by atoms with Gasteiger partial charge in [0, 0.05) is 19.5 Å². The van der Waals surface area contributed by atoms with Crippen LogP contribution in [0.3, 0.4) is 0 Å². The predicted octanol–water partition coefficient (Wildman–Crippen LogP) is 0.238. The lowest BCUT2D eigenvalue weighted by Crippen LogP contribution is -2.45. The first-order valence-corrected chi connectivity index (χ1v) is 5.67. The molecule has 0 saturated carbocycles. The van der Waals surface area contributed by atoms with Crippen LogP contribution in [0.5, 0.6) is 0 Å².